The third kappa shape index (κ3) is 2.58. The smallest absolute Gasteiger partial charge is 0.342 e. The molecule has 3 heterocycles. The summed E-state index contributed by atoms with van der Waals surface area (Å²) in [5, 5.41) is 10.1. The molecule has 5 nitrogen and oxygen atoms in total. The lowest BCUT2D eigenvalue weighted by molar-refractivity contribution is -0.214. The summed E-state index contributed by atoms with van der Waals surface area (Å²) in [5.41, 5.74) is 0.274. The molecular weight excluding hydrogens is 308 g/mol. The largest absolute Gasteiger partial charge is 0.461 e. The van der Waals surface area contributed by atoms with Gasteiger partial charge in [-0.05, 0) is 38.5 Å². The highest BCUT2D eigenvalue weighted by molar-refractivity contribution is 5.35. The predicted octanol–water partition coefficient (Wildman–Crippen LogP) is 2.91. The van der Waals surface area contributed by atoms with Crippen LogP contribution in [-0.4, -0.2) is 23.6 Å². The van der Waals surface area contributed by atoms with Gasteiger partial charge in [0.1, 0.15) is 11.5 Å². The van der Waals surface area contributed by atoms with E-state index < -0.39 is 11.9 Å². The Bertz CT molecular complexity index is 664. The van der Waals surface area contributed by atoms with Crippen LogP contribution in [-0.2, 0) is 11.2 Å². The number of fused-ring (bicyclic) bond motifs is 2. The number of rotatable bonds is 4. The highest BCUT2D eigenvalue weighted by Gasteiger charge is 2.58. The van der Waals surface area contributed by atoms with E-state index in [1.54, 1.807) is 13.0 Å². The Kier molecular flexibility index (Phi) is 4.51. The number of hydrogen-bond acceptors (Lipinski definition) is 5. The molecule has 3 rings (SSSR count). The van der Waals surface area contributed by atoms with E-state index in [0.717, 1.165) is 6.42 Å². The molecule has 1 fully saturated rings. The lowest BCUT2D eigenvalue weighted by Crippen LogP contribution is -2.53. The molecule has 2 aliphatic rings. The molecule has 0 spiro atoms. The molecule has 0 aliphatic carbocycles. The average molecular weight is 336 g/mol. The van der Waals surface area contributed by atoms with Crippen molar-refractivity contribution in [2.45, 2.75) is 59.4 Å². The van der Waals surface area contributed by atoms with Gasteiger partial charge in [0.25, 0.3) is 0 Å². The summed E-state index contributed by atoms with van der Waals surface area (Å²) >= 11 is 0. The van der Waals surface area contributed by atoms with Crippen LogP contribution >= 0.6 is 0 Å². The zero-order valence-electron chi connectivity index (χ0n) is 15.2. The fourth-order valence-corrected chi connectivity index (χ4v) is 4.19. The first-order valence-electron chi connectivity index (χ1n) is 8.94. The fraction of sp³-hybridized carbons (Fsp3) is 0.737. The molecule has 1 N–H and O–H groups in total. The second kappa shape index (κ2) is 6.19. The Labute approximate surface area is 143 Å². The highest BCUT2D eigenvalue weighted by atomic mass is 16.7. The van der Waals surface area contributed by atoms with E-state index in [0.29, 0.717) is 30.1 Å². The van der Waals surface area contributed by atoms with Crippen molar-refractivity contribution in [2.75, 3.05) is 6.61 Å². The molecule has 1 saturated heterocycles. The summed E-state index contributed by atoms with van der Waals surface area (Å²) in [6.07, 6.45) is 1.06. The van der Waals surface area contributed by atoms with Gasteiger partial charge in [0.15, 0.2) is 0 Å². The molecule has 3 unspecified atom stereocenters. The molecule has 0 saturated carbocycles. The van der Waals surface area contributed by atoms with Crippen LogP contribution < -0.4 is 10.4 Å². The third-order valence-corrected chi connectivity index (χ3v) is 6.10. The molecule has 0 radical (unpaired) electrons. The van der Waals surface area contributed by atoms with Crippen LogP contribution in [0.3, 0.4) is 0 Å². The molecular formula is C19H28O5. The maximum absolute atomic E-state index is 12.3. The Hall–Kier alpha value is -1.33. The number of aliphatic hydroxyl groups is 1. The molecule has 24 heavy (non-hydrogen) atoms. The standard InChI is InChI=1S/C19H28O5/c1-6-10(2)19-16(15(9-22-19)12(4)13(5)20)8-14-17(24-19)7-11(3)23-18(14)21/h7,10,12-13,15-16,20H,6,8-9H2,1-5H3/t10?,12?,13?,15-,16-,19-/m0/s1. The monoisotopic (exact) mass is 336 g/mol. The van der Waals surface area contributed by atoms with E-state index in [1.165, 1.54) is 0 Å². The van der Waals surface area contributed by atoms with E-state index in [2.05, 4.69) is 13.8 Å². The molecule has 134 valence electrons. The SMILES string of the molecule is CCC(C)[C@@]12OC[C@@H](C(C)C(C)O)[C@@H]1Cc1c(cc(C)oc1=O)O2. The number of hydrogen-bond donors (Lipinski definition) is 1. The first kappa shape index (κ1) is 17.5. The van der Waals surface area contributed by atoms with Crippen LogP contribution in [0, 0.1) is 30.6 Å². The Morgan fingerprint density at radius 3 is 2.71 bits per heavy atom. The van der Waals surface area contributed by atoms with Crippen molar-refractivity contribution in [3.8, 4) is 5.75 Å². The normalized spacial score (nSPS) is 32.4. The number of ether oxygens (including phenoxy) is 2. The minimum absolute atomic E-state index is 0.0372. The lowest BCUT2D eigenvalue weighted by atomic mass is 9.71. The highest BCUT2D eigenvalue weighted by Crippen LogP contribution is 2.51. The van der Waals surface area contributed by atoms with Crippen LogP contribution in [0.4, 0.5) is 0 Å². The van der Waals surface area contributed by atoms with Crippen LogP contribution in [0.5, 0.6) is 5.75 Å². The molecule has 1 aromatic heterocycles. The van der Waals surface area contributed by atoms with Crippen LogP contribution in [0.15, 0.2) is 15.3 Å². The van der Waals surface area contributed by atoms with Gasteiger partial charge in [-0.25, -0.2) is 4.79 Å². The minimum atomic E-state index is -0.726. The van der Waals surface area contributed by atoms with Crippen molar-refractivity contribution in [3.63, 3.8) is 0 Å². The zero-order valence-corrected chi connectivity index (χ0v) is 15.2. The summed E-state index contributed by atoms with van der Waals surface area (Å²) < 4.78 is 17.9. The Balaban J connectivity index is 2.07. The first-order valence-corrected chi connectivity index (χ1v) is 8.94. The van der Waals surface area contributed by atoms with E-state index in [9.17, 15) is 9.90 Å². The maximum atomic E-state index is 12.3. The van der Waals surface area contributed by atoms with Gasteiger partial charge < -0.3 is 19.0 Å². The van der Waals surface area contributed by atoms with Gasteiger partial charge in [-0.2, -0.15) is 0 Å². The van der Waals surface area contributed by atoms with E-state index >= 15 is 0 Å². The van der Waals surface area contributed by atoms with Gasteiger partial charge in [-0.15, -0.1) is 0 Å². The molecule has 1 aromatic rings. The molecule has 0 aromatic carbocycles. The molecule has 5 heteroatoms. The first-order chi connectivity index (χ1) is 11.3. The van der Waals surface area contributed by atoms with Gasteiger partial charge in [0.05, 0.1) is 18.3 Å². The number of aryl methyl sites for hydroxylation is 1. The van der Waals surface area contributed by atoms with Crippen molar-refractivity contribution in [3.05, 3.63) is 27.8 Å². The average Bonchev–Trinajstić information content (AvgIpc) is 2.90. The number of aliphatic hydroxyl groups excluding tert-OH is 1. The molecule has 0 bridgehead atoms. The van der Waals surface area contributed by atoms with Gasteiger partial charge in [0.2, 0.25) is 5.79 Å². The summed E-state index contributed by atoms with van der Waals surface area (Å²) in [7, 11) is 0. The third-order valence-electron chi connectivity index (χ3n) is 6.10. The Morgan fingerprint density at radius 2 is 2.08 bits per heavy atom. The van der Waals surface area contributed by atoms with Crippen LogP contribution in [0.2, 0.25) is 0 Å². The summed E-state index contributed by atoms with van der Waals surface area (Å²) in [6, 6.07) is 1.78. The van der Waals surface area contributed by atoms with Gasteiger partial charge in [-0.3, -0.25) is 0 Å². The summed E-state index contributed by atoms with van der Waals surface area (Å²) in [5.74, 6) is 0.852. The summed E-state index contributed by atoms with van der Waals surface area (Å²) in [6.45, 7) is 10.4. The molecule has 2 aliphatic heterocycles. The fourth-order valence-electron chi connectivity index (χ4n) is 4.19. The predicted molar refractivity (Wildman–Crippen MR) is 90.0 cm³/mol. The second-order valence-corrected chi connectivity index (χ2v) is 7.51. The minimum Gasteiger partial charge on any atom is -0.461 e. The van der Waals surface area contributed by atoms with Gasteiger partial charge >= 0.3 is 5.63 Å². The van der Waals surface area contributed by atoms with Crippen molar-refractivity contribution in [2.24, 2.45) is 23.7 Å². The molecule has 0 amide bonds. The topological polar surface area (TPSA) is 68.9 Å². The van der Waals surface area contributed by atoms with Crippen LogP contribution in [0.25, 0.3) is 0 Å². The molecule has 6 atom stereocenters. The summed E-state index contributed by atoms with van der Waals surface area (Å²) in [4.78, 5) is 12.3. The van der Waals surface area contributed by atoms with Crippen molar-refractivity contribution in [1.29, 1.82) is 0 Å². The van der Waals surface area contributed by atoms with Gasteiger partial charge in [0, 0.05) is 17.9 Å². The van der Waals surface area contributed by atoms with E-state index in [-0.39, 0.29) is 29.3 Å². The van der Waals surface area contributed by atoms with Crippen LogP contribution in [0.1, 0.15) is 45.4 Å². The van der Waals surface area contributed by atoms with Crippen molar-refractivity contribution >= 4 is 0 Å². The van der Waals surface area contributed by atoms with Crippen molar-refractivity contribution in [1.82, 2.24) is 0 Å². The van der Waals surface area contributed by atoms with Gasteiger partial charge in [-0.1, -0.05) is 20.8 Å². The lowest BCUT2D eigenvalue weighted by Gasteiger charge is -2.44. The zero-order chi connectivity index (χ0) is 17.6. The maximum Gasteiger partial charge on any atom is 0.342 e. The van der Waals surface area contributed by atoms with E-state index in [4.69, 9.17) is 13.9 Å². The quantitative estimate of drug-likeness (QED) is 0.915. The second-order valence-electron chi connectivity index (χ2n) is 7.51. The Morgan fingerprint density at radius 1 is 1.38 bits per heavy atom. The van der Waals surface area contributed by atoms with E-state index in [1.807, 2.05) is 13.8 Å². The van der Waals surface area contributed by atoms with Crippen molar-refractivity contribution < 1.29 is 19.0 Å².